The van der Waals surface area contributed by atoms with Gasteiger partial charge < -0.3 is 15.4 Å². The molecule has 0 saturated carbocycles. The van der Waals surface area contributed by atoms with E-state index in [1.54, 1.807) is 18.4 Å². The van der Waals surface area contributed by atoms with E-state index in [4.69, 9.17) is 16.3 Å². The van der Waals surface area contributed by atoms with Crippen molar-refractivity contribution in [2.45, 2.75) is 26.4 Å². The van der Waals surface area contributed by atoms with Crippen LogP contribution in [0.2, 0.25) is 5.02 Å². The van der Waals surface area contributed by atoms with E-state index in [0.717, 1.165) is 23.2 Å². The van der Waals surface area contributed by atoms with Crippen molar-refractivity contribution < 1.29 is 17.9 Å². The molecule has 6 nitrogen and oxygen atoms in total. The zero-order valence-corrected chi connectivity index (χ0v) is 20.0. The predicted molar refractivity (Wildman–Crippen MR) is 120 cm³/mol. The lowest BCUT2D eigenvalue weighted by Gasteiger charge is -2.13. The van der Waals surface area contributed by atoms with Gasteiger partial charge in [0.1, 0.15) is 11.6 Å². The molecule has 0 atom stereocenters. The monoisotopic (exact) mass is 563 g/mol. The van der Waals surface area contributed by atoms with Gasteiger partial charge in [-0.2, -0.15) is 13.2 Å². The van der Waals surface area contributed by atoms with Gasteiger partial charge in [-0.05, 0) is 19.9 Å². The van der Waals surface area contributed by atoms with Crippen LogP contribution in [0.5, 0.6) is 5.88 Å². The molecule has 0 fully saturated rings. The van der Waals surface area contributed by atoms with E-state index in [2.05, 4.69) is 25.6 Å². The number of nitrogens with zero attached hydrogens (tertiary/aromatic N) is 3. The van der Waals surface area contributed by atoms with Gasteiger partial charge >= 0.3 is 6.18 Å². The molecule has 2 N–H and O–H groups in total. The van der Waals surface area contributed by atoms with Crippen molar-refractivity contribution in [2.75, 3.05) is 26.7 Å². The fourth-order valence-electron chi connectivity index (χ4n) is 2.16. The fourth-order valence-corrected chi connectivity index (χ4v) is 3.31. The molecule has 0 bridgehead atoms. The first-order valence-corrected chi connectivity index (χ1v) is 9.63. The summed E-state index contributed by atoms with van der Waals surface area (Å²) in [6.07, 6.45) is -3.02. The molecular formula is C17H22ClF3IN5OS. The number of aliphatic imine (C=N–C) groups is 1. The number of aryl methyl sites for hydroxylation is 2. The van der Waals surface area contributed by atoms with E-state index in [-0.39, 0.29) is 41.5 Å². The number of halogens is 5. The van der Waals surface area contributed by atoms with Gasteiger partial charge in [0.2, 0.25) is 5.88 Å². The highest BCUT2D eigenvalue weighted by molar-refractivity contribution is 14.0. The second kappa shape index (κ2) is 11.7. The summed E-state index contributed by atoms with van der Waals surface area (Å²) < 4.78 is 43.1. The number of pyridine rings is 1. The number of aromatic nitrogens is 2. The van der Waals surface area contributed by atoms with Crippen molar-refractivity contribution in [1.82, 2.24) is 20.6 Å². The van der Waals surface area contributed by atoms with Crippen LogP contribution < -0.4 is 15.4 Å². The van der Waals surface area contributed by atoms with Crippen molar-refractivity contribution in [3.05, 3.63) is 38.4 Å². The lowest BCUT2D eigenvalue weighted by Crippen LogP contribution is -2.40. The number of thiazole rings is 1. The summed E-state index contributed by atoms with van der Waals surface area (Å²) in [6, 6.07) is 0.792. The van der Waals surface area contributed by atoms with Gasteiger partial charge in [0.15, 0.2) is 5.96 Å². The molecule has 2 heterocycles. The number of nitrogens with one attached hydrogen (secondary N) is 2. The quantitative estimate of drug-likeness (QED) is 0.228. The van der Waals surface area contributed by atoms with E-state index in [0.29, 0.717) is 25.2 Å². The van der Waals surface area contributed by atoms with Crippen molar-refractivity contribution in [2.24, 2.45) is 4.99 Å². The standard InChI is InChI=1S/C17H21ClF3N5OS.HI/c1-10-11(2)28-14(26-10)4-5-23-16(22-3)24-6-7-27-15-13(18)8-12(9-25-15)17(19,20)21;/h8-9H,4-7H2,1-3H3,(H2,22,23,24);1H. The van der Waals surface area contributed by atoms with Crippen LogP contribution in [0, 0.1) is 13.8 Å². The first-order chi connectivity index (χ1) is 13.2. The van der Waals surface area contributed by atoms with Crippen LogP contribution in [0.1, 0.15) is 21.1 Å². The number of guanidine groups is 1. The molecule has 12 heteroatoms. The topological polar surface area (TPSA) is 71.4 Å². The fraction of sp³-hybridized carbons (Fsp3) is 0.471. The smallest absolute Gasteiger partial charge is 0.417 e. The molecule has 162 valence electrons. The van der Waals surface area contributed by atoms with Gasteiger partial charge in [-0.3, -0.25) is 4.99 Å². The molecule has 0 saturated heterocycles. The van der Waals surface area contributed by atoms with Crippen LogP contribution >= 0.6 is 46.9 Å². The maximum atomic E-state index is 12.6. The van der Waals surface area contributed by atoms with Crippen LogP contribution in [0.4, 0.5) is 13.2 Å². The Hall–Kier alpha value is -1.34. The highest BCUT2D eigenvalue weighted by atomic mass is 127. The van der Waals surface area contributed by atoms with Gasteiger partial charge in [-0.15, -0.1) is 35.3 Å². The first kappa shape index (κ1) is 25.7. The molecule has 0 spiro atoms. The number of rotatable bonds is 7. The van der Waals surface area contributed by atoms with Crippen LogP contribution in [-0.4, -0.2) is 42.7 Å². The third kappa shape index (κ3) is 8.13. The molecule has 0 amide bonds. The molecule has 0 aromatic carbocycles. The maximum absolute atomic E-state index is 12.6. The number of hydrogen-bond acceptors (Lipinski definition) is 5. The first-order valence-electron chi connectivity index (χ1n) is 8.43. The summed E-state index contributed by atoms with van der Waals surface area (Å²) in [5.74, 6) is 0.536. The Morgan fingerprint density at radius 3 is 2.52 bits per heavy atom. The second-order valence-corrected chi connectivity index (χ2v) is 7.48. The summed E-state index contributed by atoms with van der Waals surface area (Å²) in [5, 5.41) is 7.08. The highest BCUT2D eigenvalue weighted by Gasteiger charge is 2.31. The predicted octanol–water partition coefficient (Wildman–Crippen LogP) is 4.23. The second-order valence-electron chi connectivity index (χ2n) is 5.78. The average Bonchev–Trinajstić information content (AvgIpc) is 2.95. The molecular weight excluding hydrogens is 542 g/mol. The Balaban J connectivity index is 0.00000420. The highest BCUT2D eigenvalue weighted by Crippen LogP contribution is 2.32. The molecule has 0 radical (unpaired) electrons. The number of ether oxygens (including phenoxy) is 1. The molecule has 0 aliphatic rings. The van der Waals surface area contributed by atoms with Gasteiger partial charge in [-0.25, -0.2) is 9.97 Å². The van der Waals surface area contributed by atoms with Crippen LogP contribution in [0.25, 0.3) is 0 Å². The number of hydrogen-bond donors (Lipinski definition) is 2. The lowest BCUT2D eigenvalue weighted by atomic mass is 10.3. The Morgan fingerprint density at radius 2 is 1.97 bits per heavy atom. The SMILES string of the molecule is CN=C(NCCOc1ncc(C(F)(F)F)cc1Cl)NCCc1nc(C)c(C)s1.I. The van der Waals surface area contributed by atoms with E-state index in [1.165, 1.54) is 4.88 Å². The van der Waals surface area contributed by atoms with Gasteiger partial charge in [-0.1, -0.05) is 11.6 Å². The molecule has 0 aliphatic carbocycles. The normalized spacial score (nSPS) is 11.8. The summed E-state index contributed by atoms with van der Waals surface area (Å²) in [5.41, 5.74) is 0.133. The van der Waals surface area contributed by atoms with E-state index in [1.807, 2.05) is 13.8 Å². The van der Waals surface area contributed by atoms with E-state index < -0.39 is 11.7 Å². The summed E-state index contributed by atoms with van der Waals surface area (Å²) in [4.78, 5) is 13.4. The minimum absolute atomic E-state index is 0. The molecule has 2 aromatic heterocycles. The van der Waals surface area contributed by atoms with Crippen molar-refractivity contribution in [1.29, 1.82) is 0 Å². The Bertz CT molecular complexity index is 812. The number of alkyl halides is 3. The van der Waals surface area contributed by atoms with Crippen LogP contribution in [0.3, 0.4) is 0 Å². The Labute approximate surface area is 193 Å². The molecule has 0 aliphatic heterocycles. The molecule has 2 rings (SSSR count). The lowest BCUT2D eigenvalue weighted by molar-refractivity contribution is -0.137. The zero-order valence-electron chi connectivity index (χ0n) is 16.1. The van der Waals surface area contributed by atoms with Gasteiger partial charge in [0.05, 0.1) is 22.8 Å². The minimum Gasteiger partial charge on any atom is -0.475 e. The van der Waals surface area contributed by atoms with Crippen LogP contribution in [0.15, 0.2) is 17.3 Å². The van der Waals surface area contributed by atoms with Crippen LogP contribution in [-0.2, 0) is 12.6 Å². The summed E-state index contributed by atoms with van der Waals surface area (Å²) in [7, 11) is 1.64. The van der Waals surface area contributed by atoms with Crippen molar-refractivity contribution in [3.63, 3.8) is 0 Å². The van der Waals surface area contributed by atoms with Crippen molar-refractivity contribution >= 4 is 52.9 Å². The average molecular weight is 564 g/mol. The zero-order chi connectivity index (χ0) is 20.7. The molecule has 0 unspecified atom stereocenters. The maximum Gasteiger partial charge on any atom is 0.417 e. The molecule has 29 heavy (non-hydrogen) atoms. The summed E-state index contributed by atoms with van der Waals surface area (Å²) in [6.45, 7) is 5.22. The third-order valence-electron chi connectivity index (χ3n) is 3.70. The third-order valence-corrected chi connectivity index (χ3v) is 5.10. The Kier molecular flexibility index (Phi) is 10.4. The largest absolute Gasteiger partial charge is 0.475 e. The summed E-state index contributed by atoms with van der Waals surface area (Å²) >= 11 is 7.47. The van der Waals surface area contributed by atoms with E-state index >= 15 is 0 Å². The molecule has 2 aromatic rings. The van der Waals surface area contributed by atoms with Gasteiger partial charge in [0, 0.05) is 31.1 Å². The van der Waals surface area contributed by atoms with E-state index in [9.17, 15) is 13.2 Å². The van der Waals surface area contributed by atoms with Crippen molar-refractivity contribution in [3.8, 4) is 5.88 Å². The minimum atomic E-state index is -4.50. The Morgan fingerprint density at radius 1 is 1.28 bits per heavy atom. The van der Waals surface area contributed by atoms with Gasteiger partial charge in [0.25, 0.3) is 0 Å².